The molecule has 0 heterocycles. The van der Waals surface area contributed by atoms with Crippen molar-refractivity contribution in [2.24, 2.45) is 4.99 Å². The molecule has 0 amide bonds. The Morgan fingerprint density at radius 1 is 1.28 bits per heavy atom. The smallest absolute Gasteiger partial charge is 0.191 e. The van der Waals surface area contributed by atoms with E-state index in [9.17, 15) is 4.21 Å². The fraction of sp³-hybridized carbons (Fsp3) is 0.667. The zero-order chi connectivity index (χ0) is 20.4. The molecule has 2 N–H and O–H groups in total. The van der Waals surface area contributed by atoms with E-state index >= 15 is 0 Å². The Labute approximate surface area is 195 Å². The SMILES string of the molecule is CCCOc1ccc(CNC(=NC)NC2CCCC(S(=O)CC)C2)cc1OC.I. The Hall–Kier alpha value is -1.03. The van der Waals surface area contributed by atoms with Crippen molar-refractivity contribution in [2.45, 2.75) is 63.8 Å². The first kappa shape index (κ1) is 26.0. The van der Waals surface area contributed by atoms with E-state index in [-0.39, 0.29) is 24.0 Å². The van der Waals surface area contributed by atoms with Crippen LogP contribution < -0.4 is 20.1 Å². The summed E-state index contributed by atoms with van der Waals surface area (Å²) in [7, 11) is 2.72. The molecule has 0 saturated heterocycles. The Kier molecular flexibility index (Phi) is 12.6. The van der Waals surface area contributed by atoms with Crippen molar-refractivity contribution in [3.63, 3.8) is 0 Å². The maximum Gasteiger partial charge on any atom is 0.191 e. The molecular formula is C21H36IN3O3S. The van der Waals surface area contributed by atoms with Crippen LogP contribution in [0, 0.1) is 0 Å². The minimum atomic E-state index is -0.719. The number of hydrogen-bond donors (Lipinski definition) is 2. The number of benzene rings is 1. The van der Waals surface area contributed by atoms with Gasteiger partial charge in [-0.05, 0) is 43.4 Å². The highest BCUT2D eigenvalue weighted by Gasteiger charge is 2.26. The van der Waals surface area contributed by atoms with Gasteiger partial charge in [-0.15, -0.1) is 24.0 Å². The van der Waals surface area contributed by atoms with Crippen molar-refractivity contribution in [1.82, 2.24) is 10.6 Å². The van der Waals surface area contributed by atoms with Crippen molar-refractivity contribution in [2.75, 3.05) is 26.5 Å². The van der Waals surface area contributed by atoms with Gasteiger partial charge in [0, 0.05) is 41.4 Å². The van der Waals surface area contributed by atoms with Crippen molar-refractivity contribution in [3.8, 4) is 11.5 Å². The third-order valence-electron chi connectivity index (χ3n) is 5.00. The highest BCUT2D eigenvalue weighted by Crippen LogP contribution is 2.28. The lowest BCUT2D eigenvalue weighted by Gasteiger charge is -2.30. The zero-order valence-corrected chi connectivity index (χ0v) is 21.2. The van der Waals surface area contributed by atoms with E-state index in [0.29, 0.717) is 24.4 Å². The quantitative estimate of drug-likeness (QED) is 0.285. The average molecular weight is 538 g/mol. The van der Waals surface area contributed by atoms with E-state index in [1.165, 1.54) is 0 Å². The molecule has 166 valence electrons. The van der Waals surface area contributed by atoms with Crippen LogP contribution in [0.4, 0.5) is 0 Å². The fourth-order valence-corrected chi connectivity index (χ4v) is 4.83. The molecule has 0 bridgehead atoms. The van der Waals surface area contributed by atoms with Gasteiger partial charge in [-0.25, -0.2) is 0 Å². The number of rotatable bonds is 9. The van der Waals surface area contributed by atoms with Crippen molar-refractivity contribution < 1.29 is 13.7 Å². The van der Waals surface area contributed by atoms with E-state index in [2.05, 4.69) is 22.5 Å². The first-order valence-corrected chi connectivity index (χ1v) is 11.6. The molecule has 0 aromatic heterocycles. The first-order valence-electron chi connectivity index (χ1n) is 10.2. The normalized spacial score (nSPS) is 20.3. The zero-order valence-electron chi connectivity index (χ0n) is 18.0. The summed E-state index contributed by atoms with van der Waals surface area (Å²) in [5.41, 5.74) is 1.09. The molecule has 1 fully saturated rings. The van der Waals surface area contributed by atoms with E-state index < -0.39 is 10.8 Å². The summed E-state index contributed by atoms with van der Waals surface area (Å²) < 4.78 is 23.3. The summed E-state index contributed by atoms with van der Waals surface area (Å²) in [5, 5.41) is 7.17. The third kappa shape index (κ3) is 8.32. The molecule has 0 aliphatic heterocycles. The molecule has 1 aromatic carbocycles. The van der Waals surface area contributed by atoms with E-state index in [1.54, 1.807) is 14.2 Å². The van der Waals surface area contributed by atoms with Crippen LogP contribution in [0.5, 0.6) is 11.5 Å². The summed E-state index contributed by atoms with van der Waals surface area (Å²) in [6, 6.07) is 6.30. The van der Waals surface area contributed by atoms with Crippen molar-refractivity contribution in [1.29, 1.82) is 0 Å². The van der Waals surface area contributed by atoms with Gasteiger partial charge in [0.05, 0.1) is 13.7 Å². The van der Waals surface area contributed by atoms with Crippen LogP contribution in [-0.2, 0) is 17.3 Å². The molecule has 1 aliphatic rings. The number of aliphatic imine (C=N–C) groups is 1. The van der Waals surface area contributed by atoms with Gasteiger partial charge in [0.15, 0.2) is 17.5 Å². The maximum absolute atomic E-state index is 12.1. The summed E-state index contributed by atoms with van der Waals surface area (Å²) in [4.78, 5) is 4.35. The van der Waals surface area contributed by atoms with E-state index in [0.717, 1.165) is 60.9 Å². The predicted molar refractivity (Wildman–Crippen MR) is 132 cm³/mol. The van der Waals surface area contributed by atoms with Crippen molar-refractivity contribution in [3.05, 3.63) is 23.8 Å². The monoisotopic (exact) mass is 537 g/mol. The van der Waals surface area contributed by atoms with Gasteiger partial charge in [-0.2, -0.15) is 0 Å². The number of ether oxygens (including phenoxy) is 2. The Morgan fingerprint density at radius 2 is 2.07 bits per heavy atom. The van der Waals surface area contributed by atoms with Crippen LogP contribution in [0.25, 0.3) is 0 Å². The summed E-state index contributed by atoms with van der Waals surface area (Å²) in [5.74, 6) is 3.03. The maximum atomic E-state index is 12.1. The van der Waals surface area contributed by atoms with Crippen LogP contribution in [0.3, 0.4) is 0 Å². The Morgan fingerprint density at radius 3 is 2.72 bits per heavy atom. The Balaban J connectivity index is 0.00000420. The molecule has 8 heteroatoms. The van der Waals surface area contributed by atoms with Gasteiger partial charge >= 0.3 is 0 Å². The minimum Gasteiger partial charge on any atom is -0.493 e. The lowest BCUT2D eigenvalue weighted by molar-refractivity contribution is 0.294. The molecule has 3 unspecified atom stereocenters. The number of halogens is 1. The molecule has 0 spiro atoms. The number of methoxy groups -OCH3 is 1. The second kappa shape index (κ2) is 14.1. The van der Waals surface area contributed by atoms with Crippen molar-refractivity contribution >= 4 is 40.7 Å². The number of guanidine groups is 1. The van der Waals surface area contributed by atoms with Crippen LogP contribution in [-0.4, -0.2) is 48.0 Å². The van der Waals surface area contributed by atoms with Crippen LogP contribution in [0.1, 0.15) is 51.5 Å². The lowest BCUT2D eigenvalue weighted by atomic mass is 9.95. The van der Waals surface area contributed by atoms with Gasteiger partial charge in [0.1, 0.15) is 0 Å². The Bertz CT molecular complexity index is 673. The fourth-order valence-electron chi connectivity index (χ4n) is 3.48. The van der Waals surface area contributed by atoms with E-state index in [1.807, 2.05) is 25.1 Å². The van der Waals surface area contributed by atoms with E-state index in [4.69, 9.17) is 9.47 Å². The van der Waals surface area contributed by atoms with Crippen LogP contribution in [0.15, 0.2) is 23.2 Å². The molecule has 0 radical (unpaired) electrons. The molecule has 2 rings (SSSR count). The molecule has 29 heavy (non-hydrogen) atoms. The molecule has 1 saturated carbocycles. The van der Waals surface area contributed by atoms with Crippen LogP contribution >= 0.6 is 24.0 Å². The molecule has 1 aliphatic carbocycles. The number of nitrogens with zero attached hydrogens (tertiary/aromatic N) is 1. The lowest BCUT2D eigenvalue weighted by Crippen LogP contribution is -2.46. The molecular weight excluding hydrogens is 501 g/mol. The van der Waals surface area contributed by atoms with Gasteiger partial charge in [0.25, 0.3) is 0 Å². The predicted octanol–water partition coefficient (Wildman–Crippen LogP) is 3.85. The van der Waals surface area contributed by atoms with Gasteiger partial charge in [-0.1, -0.05) is 26.3 Å². The second-order valence-corrected chi connectivity index (χ2v) is 9.06. The standard InChI is InChI=1S/C21H35N3O3S.HI/c1-5-12-27-19-11-10-16(13-20(19)26-4)15-23-21(22-3)24-17-8-7-9-18(14-17)28(25)6-2;/h10-11,13,17-18H,5-9,12,14-15H2,1-4H3,(H2,22,23,24);1H. The summed E-state index contributed by atoms with van der Waals surface area (Å²) in [6.07, 6.45) is 5.18. The number of nitrogens with one attached hydrogen (secondary N) is 2. The molecule has 6 nitrogen and oxygen atoms in total. The van der Waals surface area contributed by atoms with Gasteiger partial charge < -0.3 is 20.1 Å². The summed E-state index contributed by atoms with van der Waals surface area (Å²) in [6.45, 7) is 5.40. The topological polar surface area (TPSA) is 72.0 Å². The first-order chi connectivity index (χ1) is 13.6. The largest absolute Gasteiger partial charge is 0.493 e. The minimum absolute atomic E-state index is 0. The van der Waals surface area contributed by atoms with Crippen LogP contribution in [0.2, 0.25) is 0 Å². The average Bonchev–Trinajstić information content (AvgIpc) is 2.74. The van der Waals surface area contributed by atoms with Gasteiger partial charge in [-0.3, -0.25) is 9.20 Å². The van der Waals surface area contributed by atoms with Gasteiger partial charge in [0.2, 0.25) is 0 Å². The second-order valence-electron chi connectivity index (χ2n) is 7.06. The molecule has 3 atom stereocenters. The number of hydrogen-bond acceptors (Lipinski definition) is 4. The highest BCUT2D eigenvalue weighted by atomic mass is 127. The summed E-state index contributed by atoms with van der Waals surface area (Å²) >= 11 is 0. The molecule has 1 aromatic rings. The third-order valence-corrected chi connectivity index (χ3v) is 6.74. The highest BCUT2D eigenvalue weighted by molar-refractivity contribution is 14.0.